The van der Waals surface area contributed by atoms with Gasteiger partial charge in [-0.25, -0.2) is 4.68 Å². The van der Waals surface area contributed by atoms with E-state index in [-0.39, 0.29) is 24.8 Å². The fraction of sp³-hybridized carbons (Fsp3) is 0.150. The molecule has 0 bridgehead atoms. The topological polar surface area (TPSA) is 73.2 Å². The molecule has 138 valence electrons. The van der Waals surface area contributed by atoms with E-state index in [0.717, 1.165) is 11.3 Å². The molecule has 0 radical (unpaired) electrons. The Labute approximate surface area is 161 Å². The molecule has 0 saturated heterocycles. The van der Waals surface area contributed by atoms with Crippen molar-refractivity contribution in [1.29, 1.82) is 0 Å². The van der Waals surface area contributed by atoms with Gasteiger partial charge >= 0.3 is 5.97 Å². The molecule has 1 aromatic heterocycles. The molecule has 0 aliphatic rings. The average Bonchev–Trinajstić information content (AvgIpc) is 3.14. The number of methoxy groups -OCH3 is 1. The SMILES string of the molecule is COC(=O)CCNC(=O)c1cn(-c2ccccc2)nc1-c1ccc(Cl)cc1. The van der Waals surface area contributed by atoms with Crippen LogP contribution in [-0.4, -0.2) is 35.3 Å². The van der Waals surface area contributed by atoms with Crippen molar-refractivity contribution in [2.45, 2.75) is 6.42 Å². The predicted octanol–water partition coefficient (Wildman–Crippen LogP) is 3.49. The minimum atomic E-state index is -0.381. The number of aromatic nitrogens is 2. The molecular weight excluding hydrogens is 366 g/mol. The summed E-state index contributed by atoms with van der Waals surface area (Å²) in [6.07, 6.45) is 1.78. The molecule has 1 N–H and O–H groups in total. The Morgan fingerprint density at radius 3 is 2.48 bits per heavy atom. The molecule has 27 heavy (non-hydrogen) atoms. The van der Waals surface area contributed by atoms with E-state index in [9.17, 15) is 9.59 Å². The molecule has 0 spiro atoms. The molecule has 3 aromatic rings. The van der Waals surface area contributed by atoms with Crippen molar-refractivity contribution < 1.29 is 14.3 Å². The Bertz CT molecular complexity index is 937. The molecule has 2 aromatic carbocycles. The van der Waals surface area contributed by atoms with Gasteiger partial charge in [0, 0.05) is 23.3 Å². The highest BCUT2D eigenvalue weighted by Gasteiger charge is 2.18. The monoisotopic (exact) mass is 383 g/mol. The quantitative estimate of drug-likeness (QED) is 0.661. The summed E-state index contributed by atoms with van der Waals surface area (Å²) >= 11 is 5.97. The lowest BCUT2D eigenvalue weighted by atomic mass is 10.1. The van der Waals surface area contributed by atoms with Gasteiger partial charge in [-0.1, -0.05) is 41.9 Å². The van der Waals surface area contributed by atoms with Gasteiger partial charge in [-0.15, -0.1) is 0 Å². The molecule has 7 heteroatoms. The van der Waals surface area contributed by atoms with Crippen LogP contribution in [0.4, 0.5) is 0 Å². The van der Waals surface area contributed by atoms with Crippen LogP contribution >= 0.6 is 11.6 Å². The van der Waals surface area contributed by atoms with Crippen LogP contribution in [0.3, 0.4) is 0 Å². The fourth-order valence-corrected chi connectivity index (χ4v) is 2.68. The van der Waals surface area contributed by atoms with Crippen LogP contribution in [-0.2, 0) is 9.53 Å². The van der Waals surface area contributed by atoms with E-state index in [1.807, 2.05) is 42.5 Å². The number of rotatable bonds is 6. The molecule has 0 aliphatic heterocycles. The van der Waals surface area contributed by atoms with Gasteiger partial charge in [-0.3, -0.25) is 9.59 Å². The van der Waals surface area contributed by atoms with Crippen LogP contribution in [0.25, 0.3) is 16.9 Å². The number of hydrogen-bond acceptors (Lipinski definition) is 4. The van der Waals surface area contributed by atoms with Crippen molar-refractivity contribution in [3.05, 3.63) is 71.4 Å². The number of para-hydroxylation sites is 1. The van der Waals surface area contributed by atoms with Gasteiger partial charge < -0.3 is 10.1 Å². The highest BCUT2D eigenvalue weighted by atomic mass is 35.5. The standard InChI is InChI=1S/C20H18ClN3O3/c1-27-18(25)11-12-22-20(26)17-13-24(16-5-3-2-4-6-16)23-19(17)14-7-9-15(21)10-8-14/h2-10,13H,11-12H2,1H3,(H,22,26). The third-order valence-corrected chi connectivity index (χ3v) is 4.19. The zero-order chi connectivity index (χ0) is 19.2. The van der Waals surface area contributed by atoms with Gasteiger partial charge in [-0.2, -0.15) is 5.10 Å². The Kier molecular flexibility index (Phi) is 5.88. The maximum atomic E-state index is 12.7. The summed E-state index contributed by atoms with van der Waals surface area (Å²) in [5.74, 6) is -0.695. The highest BCUT2D eigenvalue weighted by Crippen LogP contribution is 2.25. The zero-order valence-electron chi connectivity index (χ0n) is 14.7. The molecule has 0 unspecified atom stereocenters. The first-order valence-corrected chi connectivity index (χ1v) is 8.72. The van der Waals surface area contributed by atoms with Crippen molar-refractivity contribution >= 4 is 23.5 Å². The summed E-state index contributed by atoms with van der Waals surface area (Å²) < 4.78 is 6.24. The van der Waals surface area contributed by atoms with Crippen molar-refractivity contribution in [2.75, 3.05) is 13.7 Å². The second-order valence-electron chi connectivity index (χ2n) is 5.76. The lowest BCUT2D eigenvalue weighted by Crippen LogP contribution is -2.26. The number of hydrogen-bond donors (Lipinski definition) is 1. The molecular formula is C20H18ClN3O3. The molecule has 0 saturated carbocycles. The summed E-state index contributed by atoms with van der Waals surface area (Å²) in [6.45, 7) is 0.183. The lowest BCUT2D eigenvalue weighted by Gasteiger charge is -2.05. The average molecular weight is 384 g/mol. The molecule has 6 nitrogen and oxygen atoms in total. The van der Waals surface area contributed by atoms with E-state index in [1.54, 1.807) is 23.0 Å². The summed E-state index contributed by atoms with van der Waals surface area (Å²) in [5, 5.41) is 7.92. The minimum absolute atomic E-state index is 0.103. The first kappa shape index (κ1) is 18.7. The molecule has 3 rings (SSSR count). The highest BCUT2D eigenvalue weighted by molar-refractivity contribution is 6.30. The van der Waals surface area contributed by atoms with Crippen molar-refractivity contribution in [2.24, 2.45) is 0 Å². The molecule has 0 aliphatic carbocycles. The molecule has 0 atom stereocenters. The van der Waals surface area contributed by atoms with Gasteiger partial charge in [0.05, 0.1) is 24.8 Å². The molecule has 0 fully saturated rings. The Balaban J connectivity index is 1.92. The third kappa shape index (κ3) is 4.54. The summed E-state index contributed by atoms with van der Waals surface area (Å²) in [6, 6.07) is 16.6. The number of nitrogens with one attached hydrogen (secondary N) is 1. The van der Waals surface area contributed by atoms with Gasteiger partial charge in [0.15, 0.2) is 0 Å². The first-order chi connectivity index (χ1) is 13.1. The van der Waals surface area contributed by atoms with E-state index in [2.05, 4.69) is 15.2 Å². The van der Waals surface area contributed by atoms with Crippen LogP contribution in [0.1, 0.15) is 16.8 Å². The molecule has 1 heterocycles. The van der Waals surface area contributed by atoms with Crippen molar-refractivity contribution in [1.82, 2.24) is 15.1 Å². The maximum absolute atomic E-state index is 12.7. The van der Waals surface area contributed by atoms with Crippen LogP contribution in [0.2, 0.25) is 5.02 Å². The zero-order valence-corrected chi connectivity index (χ0v) is 15.4. The van der Waals surface area contributed by atoms with Gasteiger partial charge in [0.1, 0.15) is 5.69 Å². The fourth-order valence-electron chi connectivity index (χ4n) is 2.55. The van der Waals surface area contributed by atoms with E-state index in [1.165, 1.54) is 7.11 Å². The second-order valence-corrected chi connectivity index (χ2v) is 6.20. The summed E-state index contributed by atoms with van der Waals surface area (Å²) in [7, 11) is 1.31. The van der Waals surface area contributed by atoms with Crippen molar-refractivity contribution in [3.63, 3.8) is 0 Å². The van der Waals surface area contributed by atoms with E-state index >= 15 is 0 Å². The van der Waals surface area contributed by atoms with Crippen LogP contribution < -0.4 is 5.32 Å². The van der Waals surface area contributed by atoms with Gasteiger partial charge in [0.25, 0.3) is 5.91 Å². The largest absolute Gasteiger partial charge is 0.469 e. The van der Waals surface area contributed by atoms with E-state index in [0.29, 0.717) is 16.3 Å². The van der Waals surface area contributed by atoms with Crippen LogP contribution in [0.5, 0.6) is 0 Å². The normalized spacial score (nSPS) is 10.4. The van der Waals surface area contributed by atoms with E-state index in [4.69, 9.17) is 11.6 Å². The maximum Gasteiger partial charge on any atom is 0.307 e. The Hall–Kier alpha value is -3.12. The Morgan fingerprint density at radius 1 is 1.11 bits per heavy atom. The number of esters is 1. The number of ether oxygens (including phenoxy) is 1. The van der Waals surface area contributed by atoms with Gasteiger partial charge in [-0.05, 0) is 24.3 Å². The second kappa shape index (κ2) is 8.51. The number of carbonyl (C=O) groups is 2. The number of benzene rings is 2. The van der Waals surface area contributed by atoms with Crippen LogP contribution in [0.15, 0.2) is 60.8 Å². The first-order valence-electron chi connectivity index (χ1n) is 8.34. The van der Waals surface area contributed by atoms with Crippen LogP contribution in [0, 0.1) is 0 Å². The summed E-state index contributed by atoms with van der Waals surface area (Å²) in [4.78, 5) is 23.9. The van der Waals surface area contributed by atoms with Crippen molar-refractivity contribution in [3.8, 4) is 16.9 Å². The third-order valence-electron chi connectivity index (χ3n) is 3.94. The predicted molar refractivity (Wildman–Crippen MR) is 103 cm³/mol. The van der Waals surface area contributed by atoms with Gasteiger partial charge in [0.2, 0.25) is 0 Å². The number of halogens is 1. The smallest absolute Gasteiger partial charge is 0.307 e. The summed E-state index contributed by atoms with van der Waals surface area (Å²) in [5.41, 5.74) is 2.55. The number of nitrogens with zero attached hydrogens (tertiary/aromatic N) is 2. The minimum Gasteiger partial charge on any atom is -0.469 e. The molecule has 1 amide bonds. The van der Waals surface area contributed by atoms with E-state index < -0.39 is 0 Å². The number of amides is 1. The lowest BCUT2D eigenvalue weighted by molar-refractivity contribution is -0.140. The number of carbonyl (C=O) groups excluding carboxylic acids is 2. The Morgan fingerprint density at radius 2 is 1.81 bits per heavy atom.